The van der Waals surface area contributed by atoms with Gasteiger partial charge in [-0.1, -0.05) is 131 Å². The van der Waals surface area contributed by atoms with Crippen molar-refractivity contribution in [2.75, 3.05) is 0 Å². The van der Waals surface area contributed by atoms with E-state index in [1.807, 2.05) is 0 Å². The number of fused-ring (bicyclic) bond motifs is 1. The molecular formula is C33H56O. The van der Waals surface area contributed by atoms with Crippen LogP contribution in [0.25, 0.3) is 0 Å². The van der Waals surface area contributed by atoms with E-state index in [4.69, 9.17) is 0 Å². The Morgan fingerprint density at radius 3 is 1.88 bits per heavy atom. The molecule has 0 radical (unpaired) electrons. The number of carbonyl (C=O) groups is 1. The Hall–Kier alpha value is -1.11. The van der Waals surface area contributed by atoms with E-state index in [2.05, 4.69) is 60.6 Å². The number of Topliss-reactive ketones (excluding diaryl/α,β-unsaturated/α-hetero) is 1. The normalized spacial score (nSPS) is 20.3. The molecule has 194 valence electrons. The molecule has 0 heterocycles. The second kappa shape index (κ2) is 13.3. The fraction of sp³-hybridized carbons (Fsp3) is 0.788. The first kappa shape index (κ1) is 29.1. The number of rotatable bonds is 12. The largest absolute Gasteiger partial charge is 0.295 e. The highest BCUT2D eigenvalue weighted by molar-refractivity contribution is 5.96. The standard InChI is InChI=1S/C18H26O.C15H30/c1-11-8-16-15(9-14(11)13(3)19)17(4,5)10-12(2)18(16,6)7;1-2-3-4-5-6-7-8-9-10-11-12-15-13-14-15/h8-9,12H,10H2,1-7H3;15H,2-14H2,1H3. The summed E-state index contributed by atoms with van der Waals surface area (Å²) in [7, 11) is 0. The average molecular weight is 469 g/mol. The monoisotopic (exact) mass is 468 g/mol. The van der Waals surface area contributed by atoms with E-state index in [9.17, 15) is 4.79 Å². The highest BCUT2D eigenvalue weighted by Gasteiger charge is 2.42. The van der Waals surface area contributed by atoms with Crippen LogP contribution in [0.4, 0.5) is 0 Å². The van der Waals surface area contributed by atoms with Crippen molar-refractivity contribution in [1.29, 1.82) is 0 Å². The Morgan fingerprint density at radius 1 is 0.853 bits per heavy atom. The topological polar surface area (TPSA) is 17.1 Å². The number of ketones is 1. The zero-order chi connectivity index (χ0) is 25.4. The molecule has 0 amide bonds. The van der Waals surface area contributed by atoms with Gasteiger partial charge < -0.3 is 0 Å². The summed E-state index contributed by atoms with van der Waals surface area (Å²) in [5, 5.41) is 0. The number of carbonyl (C=O) groups excluding carboxylic acids is 1. The molecule has 0 N–H and O–H groups in total. The number of benzene rings is 1. The predicted octanol–water partition coefficient (Wildman–Crippen LogP) is 10.5. The third kappa shape index (κ3) is 8.53. The number of aryl methyl sites for hydroxylation is 1. The molecule has 2 aliphatic rings. The van der Waals surface area contributed by atoms with Gasteiger partial charge in [0.2, 0.25) is 0 Å². The van der Waals surface area contributed by atoms with E-state index in [0.29, 0.717) is 5.92 Å². The maximum Gasteiger partial charge on any atom is 0.160 e. The molecule has 1 aromatic carbocycles. The lowest BCUT2D eigenvalue weighted by Gasteiger charge is -2.47. The quantitative estimate of drug-likeness (QED) is 0.220. The first-order valence-corrected chi connectivity index (χ1v) is 14.7. The van der Waals surface area contributed by atoms with Gasteiger partial charge in [-0.05, 0) is 65.7 Å². The van der Waals surface area contributed by atoms with Crippen LogP contribution in [0.5, 0.6) is 0 Å². The lowest BCUT2D eigenvalue weighted by Crippen LogP contribution is -2.40. The number of unbranched alkanes of at least 4 members (excludes halogenated alkanes) is 9. The number of hydrogen-bond donors (Lipinski definition) is 0. The van der Waals surface area contributed by atoms with E-state index < -0.39 is 0 Å². The summed E-state index contributed by atoms with van der Waals surface area (Å²) in [6.45, 7) is 17.6. The van der Waals surface area contributed by atoms with Crippen molar-refractivity contribution in [2.45, 2.75) is 156 Å². The van der Waals surface area contributed by atoms with Crippen LogP contribution in [-0.2, 0) is 10.8 Å². The first-order valence-electron chi connectivity index (χ1n) is 14.7. The van der Waals surface area contributed by atoms with Crippen molar-refractivity contribution >= 4 is 5.78 Å². The van der Waals surface area contributed by atoms with Gasteiger partial charge in [-0.25, -0.2) is 0 Å². The molecule has 1 heteroatoms. The maximum absolute atomic E-state index is 11.8. The lowest BCUT2D eigenvalue weighted by molar-refractivity contribution is 0.101. The van der Waals surface area contributed by atoms with Gasteiger partial charge in [-0.3, -0.25) is 4.79 Å². The van der Waals surface area contributed by atoms with Crippen LogP contribution in [0.15, 0.2) is 12.1 Å². The molecule has 1 atom stereocenters. The van der Waals surface area contributed by atoms with Crippen LogP contribution in [-0.4, -0.2) is 5.78 Å². The summed E-state index contributed by atoms with van der Waals surface area (Å²) in [4.78, 5) is 11.8. The van der Waals surface area contributed by atoms with Crippen LogP contribution >= 0.6 is 0 Å². The van der Waals surface area contributed by atoms with E-state index in [1.165, 1.54) is 101 Å². The Kier molecular flexibility index (Phi) is 11.4. The van der Waals surface area contributed by atoms with Crippen molar-refractivity contribution in [1.82, 2.24) is 0 Å². The average Bonchev–Trinajstić information content (AvgIpc) is 3.58. The second-order valence-corrected chi connectivity index (χ2v) is 12.9. The number of hydrogen-bond acceptors (Lipinski definition) is 1. The fourth-order valence-electron chi connectivity index (χ4n) is 5.90. The summed E-state index contributed by atoms with van der Waals surface area (Å²) in [6.07, 6.45) is 20.6. The van der Waals surface area contributed by atoms with Gasteiger partial charge in [0.05, 0.1) is 0 Å². The fourth-order valence-corrected chi connectivity index (χ4v) is 5.90. The van der Waals surface area contributed by atoms with Crippen molar-refractivity contribution in [3.05, 3.63) is 34.4 Å². The van der Waals surface area contributed by atoms with Gasteiger partial charge in [-0.2, -0.15) is 0 Å². The minimum Gasteiger partial charge on any atom is -0.295 e. The summed E-state index contributed by atoms with van der Waals surface area (Å²) >= 11 is 0. The van der Waals surface area contributed by atoms with E-state index in [1.54, 1.807) is 6.92 Å². The molecule has 2 aliphatic carbocycles. The molecule has 1 fully saturated rings. The van der Waals surface area contributed by atoms with E-state index >= 15 is 0 Å². The molecule has 1 saturated carbocycles. The van der Waals surface area contributed by atoms with Gasteiger partial charge in [0.15, 0.2) is 5.78 Å². The highest BCUT2D eigenvalue weighted by atomic mass is 16.1. The second-order valence-electron chi connectivity index (χ2n) is 12.9. The third-order valence-corrected chi connectivity index (χ3v) is 8.88. The minimum absolute atomic E-state index is 0.155. The van der Waals surface area contributed by atoms with Crippen LogP contribution in [0.3, 0.4) is 0 Å². The molecule has 0 aliphatic heterocycles. The van der Waals surface area contributed by atoms with Gasteiger partial charge >= 0.3 is 0 Å². The Morgan fingerprint density at radius 2 is 1.38 bits per heavy atom. The van der Waals surface area contributed by atoms with Crippen LogP contribution in [0, 0.1) is 18.8 Å². The summed E-state index contributed by atoms with van der Waals surface area (Å²) in [6, 6.07) is 4.41. The molecule has 0 bridgehead atoms. The Labute approximate surface area is 212 Å². The van der Waals surface area contributed by atoms with Gasteiger partial charge in [0.25, 0.3) is 0 Å². The van der Waals surface area contributed by atoms with Crippen molar-refractivity contribution < 1.29 is 4.79 Å². The molecule has 1 aromatic rings. The SMILES string of the molecule is CC(=O)c1cc2c(cc1C)C(C)(C)C(C)CC2(C)C.CCCCCCCCCCCCC1CC1. The van der Waals surface area contributed by atoms with E-state index in [-0.39, 0.29) is 16.6 Å². The summed E-state index contributed by atoms with van der Waals surface area (Å²) < 4.78 is 0. The molecule has 34 heavy (non-hydrogen) atoms. The van der Waals surface area contributed by atoms with Gasteiger partial charge in [-0.15, -0.1) is 0 Å². The smallest absolute Gasteiger partial charge is 0.160 e. The molecule has 1 unspecified atom stereocenters. The van der Waals surface area contributed by atoms with Crippen molar-refractivity contribution in [3.63, 3.8) is 0 Å². The summed E-state index contributed by atoms with van der Waals surface area (Å²) in [5.74, 6) is 1.98. The van der Waals surface area contributed by atoms with Gasteiger partial charge in [0.1, 0.15) is 0 Å². The predicted molar refractivity (Wildman–Crippen MR) is 150 cm³/mol. The molecule has 0 spiro atoms. The molecular weight excluding hydrogens is 412 g/mol. The molecule has 3 rings (SSSR count). The maximum atomic E-state index is 11.8. The van der Waals surface area contributed by atoms with Crippen LogP contribution < -0.4 is 0 Å². The highest BCUT2D eigenvalue weighted by Crippen LogP contribution is 2.49. The Bertz CT molecular complexity index is 765. The Balaban J connectivity index is 0.000000248. The van der Waals surface area contributed by atoms with E-state index in [0.717, 1.165) is 17.0 Å². The lowest BCUT2D eigenvalue weighted by atomic mass is 9.58. The minimum atomic E-state index is 0.155. The van der Waals surface area contributed by atoms with Gasteiger partial charge in [0, 0.05) is 5.56 Å². The van der Waals surface area contributed by atoms with Crippen LogP contribution in [0.1, 0.15) is 165 Å². The summed E-state index contributed by atoms with van der Waals surface area (Å²) in [5.41, 5.74) is 5.14. The van der Waals surface area contributed by atoms with Crippen molar-refractivity contribution in [2.24, 2.45) is 11.8 Å². The zero-order valence-electron chi connectivity index (χ0n) is 24.1. The van der Waals surface area contributed by atoms with Crippen molar-refractivity contribution in [3.8, 4) is 0 Å². The zero-order valence-corrected chi connectivity index (χ0v) is 24.1. The molecule has 0 aromatic heterocycles. The third-order valence-electron chi connectivity index (χ3n) is 8.88. The molecule has 0 saturated heterocycles. The first-order chi connectivity index (χ1) is 16.0. The molecule has 1 nitrogen and oxygen atoms in total. The van der Waals surface area contributed by atoms with Crippen LogP contribution in [0.2, 0.25) is 0 Å².